The van der Waals surface area contributed by atoms with Gasteiger partial charge in [-0.2, -0.15) is 5.10 Å². The zero-order valence-corrected chi connectivity index (χ0v) is 10.8. The van der Waals surface area contributed by atoms with Crippen LogP contribution in [0.2, 0.25) is 0 Å². The summed E-state index contributed by atoms with van der Waals surface area (Å²) in [7, 11) is 1.93. The molecule has 18 heavy (non-hydrogen) atoms. The van der Waals surface area contributed by atoms with Gasteiger partial charge in [0, 0.05) is 32.8 Å². The third-order valence-electron chi connectivity index (χ3n) is 2.56. The summed E-state index contributed by atoms with van der Waals surface area (Å²) in [5, 5.41) is 10.8. The Morgan fingerprint density at radius 2 is 1.94 bits per heavy atom. The third kappa shape index (κ3) is 3.48. The van der Waals surface area contributed by atoms with Crippen molar-refractivity contribution in [2.45, 2.75) is 13.3 Å². The molecular formula is C13H19N5. The number of rotatable bonds is 6. The van der Waals surface area contributed by atoms with Crippen LogP contribution < -0.4 is 10.6 Å². The topological polar surface area (TPSA) is 54.8 Å². The second-order valence-corrected chi connectivity index (χ2v) is 4.10. The Bertz CT molecular complexity index is 492. The smallest absolute Gasteiger partial charge is 0.128 e. The summed E-state index contributed by atoms with van der Waals surface area (Å²) in [5.74, 6) is 1.80. The molecule has 0 unspecified atom stereocenters. The summed E-state index contributed by atoms with van der Waals surface area (Å²) >= 11 is 0. The SMILES string of the molecule is CCNc1cccc(NCCc2ccn(C)n2)n1. The second-order valence-electron chi connectivity index (χ2n) is 4.10. The van der Waals surface area contributed by atoms with Crippen molar-refractivity contribution in [1.82, 2.24) is 14.8 Å². The van der Waals surface area contributed by atoms with Gasteiger partial charge in [0.15, 0.2) is 0 Å². The van der Waals surface area contributed by atoms with Crippen LogP contribution in [0, 0.1) is 0 Å². The van der Waals surface area contributed by atoms with E-state index in [-0.39, 0.29) is 0 Å². The van der Waals surface area contributed by atoms with Crippen molar-refractivity contribution < 1.29 is 0 Å². The van der Waals surface area contributed by atoms with Gasteiger partial charge in [0.25, 0.3) is 0 Å². The summed E-state index contributed by atoms with van der Waals surface area (Å²) in [4.78, 5) is 4.45. The largest absolute Gasteiger partial charge is 0.370 e. The van der Waals surface area contributed by atoms with E-state index in [0.717, 1.165) is 36.8 Å². The quantitative estimate of drug-likeness (QED) is 0.816. The fourth-order valence-corrected chi connectivity index (χ4v) is 1.73. The van der Waals surface area contributed by atoms with Gasteiger partial charge in [-0.25, -0.2) is 4.98 Å². The molecule has 0 spiro atoms. The van der Waals surface area contributed by atoms with E-state index in [0.29, 0.717) is 0 Å². The molecule has 2 N–H and O–H groups in total. The Labute approximate surface area is 107 Å². The van der Waals surface area contributed by atoms with Gasteiger partial charge < -0.3 is 10.6 Å². The molecule has 0 saturated carbocycles. The molecule has 2 rings (SSSR count). The van der Waals surface area contributed by atoms with Crippen molar-refractivity contribution >= 4 is 11.6 Å². The number of aryl methyl sites for hydroxylation is 1. The van der Waals surface area contributed by atoms with E-state index >= 15 is 0 Å². The van der Waals surface area contributed by atoms with Gasteiger partial charge in [-0.15, -0.1) is 0 Å². The van der Waals surface area contributed by atoms with E-state index in [1.165, 1.54) is 0 Å². The summed E-state index contributed by atoms with van der Waals surface area (Å²) < 4.78 is 1.82. The van der Waals surface area contributed by atoms with E-state index in [9.17, 15) is 0 Å². The van der Waals surface area contributed by atoms with Gasteiger partial charge in [0.1, 0.15) is 11.6 Å². The fourth-order valence-electron chi connectivity index (χ4n) is 1.73. The van der Waals surface area contributed by atoms with Crippen molar-refractivity contribution in [2.75, 3.05) is 23.7 Å². The average molecular weight is 245 g/mol. The molecule has 96 valence electrons. The lowest BCUT2D eigenvalue weighted by atomic mass is 10.3. The predicted octanol–water partition coefficient (Wildman–Crippen LogP) is 1.90. The van der Waals surface area contributed by atoms with E-state index in [1.54, 1.807) is 0 Å². The molecule has 0 aliphatic heterocycles. The Morgan fingerprint density at radius 3 is 2.61 bits per heavy atom. The molecule has 0 amide bonds. The van der Waals surface area contributed by atoms with Crippen LogP contribution in [0.1, 0.15) is 12.6 Å². The highest BCUT2D eigenvalue weighted by Crippen LogP contribution is 2.08. The summed E-state index contributed by atoms with van der Waals surface area (Å²) in [6, 6.07) is 7.96. The molecule has 2 aromatic heterocycles. The first-order valence-corrected chi connectivity index (χ1v) is 6.21. The minimum atomic E-state index is 0.833. The Hall–Kier alpha value is -2.04. The van der Waals surface area contributed by atoms with Crippen molar-refractivity contribution in [3.05, 3.63) is 36.2 Å². The van der Waals surface area contributed by atoms with E-state index < -0.39 is 0 Å². The molecular weight excluding hydrogens is 226 g/mol. The van der Waals surface area contributed by atoms with Crippen molar-refractivity contribution in [3.8, 4) is 0 Å². The number of pyridine rings is 1. The lowest BCUT2D eigenvalue weighted by molar-refractivity contribution is 0.742. The molecule has 2 aromatic rings. The number of anilines is 2. The van der Waals surface area contributed by atoms with Crippen molar-refractivity contribution in [3.63, 3.8) is 0 Å². The maximum absolute atomic E-state index is 4.45. The van der Waals surface area contributed by atoms with Crippen LogP contribution in [0.15, 0.2) is 30.5 Å². The molecule has 0 fully saturated rings. The van der Waals surface area contributed by atoms with Crippen LogP contribution in [0.4, 0.5) is 11.6 Å². The fraction of sp³-hybridized carbons (Fsp3) is 0.385. The van der Waals surface area contributed by atoms with Crippen LogP contribution in [0.3, 0.4) is 0 Å². The molecule has 0 bridgehead atoms. The van der Waals surface area contributed by atoms with E-state index in [1.807, 2.05) is 42.2 Å². The first-order valence-electron chi connectivity index (χ1n) is 6.21. The lowest BCUT2D eigenvalue weighted by Crippen LogP contribution is -2.08. The maximum atomic E-state index is 4.45. The summed E-state index contributed by atoms with van der Waals surface area (Å²) in [6.45, 7) is 3.77. The highest BCUT2D eigenvalue weighted by atomic mass is 15.2. The van der Waals surface area contributed by atoms with E-state index in [2.05, 4.69) is 27.6 Å². The van der Waals surface area contributed by atoms with Crippen molar-refractivity contribution in [1.29, 1.82) is 0 Å². The minimum Gasteiger partial charge on any atom is -0.370 e. The van der Waals surface area contributed by atoms with Crippen LogP contribution in [-0.4, -0.2) is 27.9 Å². The number of aromatic nitrogens is 3. The third-order valence-corrected chi connectivity index (χ3v) is 2.56. The molecule has 2 heterocycles. The lowest BCUT2D eigenvalue weighted by Gasteiger charge is -2.07. The highest BCUT2D eigenvalue weighted by Gasteiger charge is 1.98. The Balaban J connectivity index is 1.84. The first kappa shape index (κ1) is 12.4. The van der Waals surface area contributed by atoms with Gasteiger partial charge in [-0.3, -0.25) is 4.68 Å². The molecule has 0 aliphatic rings. The molecule has 5 heteroatoms. The van der Waals surface area contributed by atoms with Crippen LogP contribution >= 0.6 is 0 Å². The molecule has 0 atom stereocenters. The zero-order valence-electron chi connectivity index (χ0n) is 10.8. The standard InChI is InChI=1S/C13H19N5/c1-3-14-12-5-4-6-13(16-12)15-9-7-11-8-10-18(2)17-11/h4-6,8,10H,3,7,9H2,1-2H3,(H2,14,15,16). The Morgan fingerprint density at radius 1 is 1.17 bits per heavy atom. The first-order chi connectivity index (χ1) is 8.78. The van der Waals surface area contributed by atoms with Crippen LogP contribution in [0.25, 0.3) is 0 Å². The normalized spacial score (nSPS) is 10.3. The Kier molecular flexibility index (Phi) is 4.17. The molecule has 0 aromatic carbocycles. The predicted molar refractivity (Wildman–Crippen MR) is 73.8 cm³/mol. The van der Waals surface area contributed by atoms with Crippen LogP contribution in [-0.2, 0) is 13.5 Å². The number of nitrogens with one attached hydrogen (secondary N) is 2. The number of nitrogens with zero attached hydrogens (tertiary/aromatic N) is 3. The molecule has 0 aliphatic carbocycles. The maximum Gasteiger partial charge on any atom is 0.128 e. The van der Waals surface area contributed by atoms with Gasteiger partial charge in [0.05, 0.1) is 5.69 Å². The minimum absolute atomic E-state index is 0.833. The number of hydrogen-bond donors (Lipinski definition) is 2. The highest BCUT2D eigenvalue weighted by molar-refractivity contribution is 5.44. The van der Waals surface area contributed by atoms with Gasteiger partial charge >= 0.3 is 0 Å². The molecule has 0 radical (unpaired) electrons. The number of hydrogen-bond acceptors (Lipinski definition) is 4. The van der Waals surface area contributed by atoms with Crippen molar-refractivity contribution in [2.24, 2.45) is 7.05 Å². The van der Waals surface area contributed by atoms with E-state index in [4.69, 9.17) is 0 Å². The molecule has 5 nitrogen and oxygen atoms in total. The second kappa shape index (κ2) is 6.05. The van der Waals surface area contributed by atoms with Gasteiger partial charge in [-0.05, 0) is 25.1 Å². The van der Waals surface area contributed by atoms with Gasteiger partial charge in [0.2, 0.25) is 0 Å². The average Bonchev–Trinajstić information content (AvgIpc) is 2.76. The van der Waals surface area contributed by atoms with Gasteiger partial charge in [-0.1, -0.05) is 6.07 Å². The summed E-state index contributed by atoms with van der Waals surface area (Å²) in [6.07, 6.45) is 2.85. The summed E-state index contributed by atoms with van der Waals surface area (Å²) in [5.41, 5.74) is 1.09. The zero-order chi connectivity index (χ0) is 12.8. The molecule has 0 saturated heterocycles. The van der Waals surface area contributed by atoms with Crippen LogP contribution in [0.5, 0.6) is 0 Å². The monoisotopic (exact) mass is 245 g/mol.